The number of benzene rings is 1. The van der Waals surface area contributed by atoms with Crippen LogP contribution in [0.2, 0.25) is 5.02 Å². The second-order valence-electron chi connectivity index (χ2n) is 6.77. The Morgan fingerprint density at radius 1 is 1.26 bits per heavy atom. The number of fused-ring (bicyclic) bond motifs is 1. The summed E-state index contributed by atoms with van der Waals surface area (Å²) in [4.78, 5) is 28.3. The molecular weight excluding hydrogens is 370 g/mol. The van der Waals surface area contributed by atoms with Crippen LogP contribution in [0.15, 0.2) is 36.7 Å². The molecule has 1 aromatic carbocycles. The summed E-state index contributed by atoms with van der Waals surface area (Å²) in [6.07, 6.45) is 3.70. The van der Waals surface area contributed by atoms with Gasteiger partial charge in [-0.25, -0.2) is 4.68 Å². The van der Waals surface area contributed by atoms with E-state index in [2.05, 4.69) is 15.3 Å². The van der Waals surface area contributed by atoms with Gasteiger partial charge in [0.1, 0.15) is 12.1 Å². The van der Waals surface area contributed by atoms with Crippen molar-refractivity contribution >= 4 is 23.4 Å². The number of carbonyl (C=O) groups excluding carboxylic acids is 2. The number of rotatable bonds is 4. The highest BCUT2D eigenvalue weighted by atomic mass is 35.5. The average Bonchev–Trinajstić information content (AvgIpc) is 3.13. The number of nitrogens with zero attached hydrogens (tertiary/aromatic N) is 4. The van der Waals surface area contributed by atoms with Crippen LogP contribution in [0, 0.1) is 0 Å². The van der Waals surface area contributed by atoms with Crippen LogP contribution in [0.3, 0.4) is 0 Å². The van der Waals surface area contributed by atoms with Gasteiger partial charge in [0.25, 0.3) is 0 Å². The van der Waals surface area contributed by atoms with E-state index in [9.17, 15) is 14.7 Å². The SMILES string of the molecule is O=C1N[C@@H](CO)C(=O)N2CCN(Cc3cnn(-c4ccccc4Cl)c3)C[C@H]12. The van der Waals surface area contributed by atoms with Gasteiger partial charge in [-0.2, -0.15) is 5.10 Å². The standard InChI is InChI=1S/C18H20ClN5O3/c19-13-3-1-2-4-15(13)24-9-12(7-20-24)8-22-5-6-23-16(10-22)17(26)21-14(11-25)18(23)27/h1-4,7,9,14,16,25H,5-6,8,10-11H2,(H,21,26)/t14-,16+/m0/s1. The summed E-state index contributed by atoms with van der Waals surface area (Å²) in [5.41, 5.74) is 1.81. The van der Waals surface area contributed by atoms with Crippen LogP contribution in [0.1, 0.15) is 5.56 Å². The van der Waals surface area contributed by atoms with Crippen molar-refractivity contribution in [1.29, 1.82) is 0 Å². The van der Waals surface area contributed by atoms with Crippen LogP contribution in [-0.2, 0) is 16.1 Å². The van der Waals surface area contributed by atoms with Gasteiger partial charge < -0.3 is 15.3 Å². The fourth-order valence-corrected chi connectivity index (χ4v) is 3.82. The predicted molar refractivity (Wildman–Crippen MR) is 98.4 cm³/mol. The fraction of sp³-hybridized carbons (Fsp3) is 0.389. The molecule has 0 saturated carbocycles. The maximum atomic E-state index is 12.3. The first-order valence-electron chi connectivity index (χ1n) is 8.79. The number of para-hydroxylation sites is 1. The molecule has 2 fully saturated rings. The molecule has 9 heteroatoms. The minimum Gasteiger partial charge on any atom is -0.394 e. The van der Waals surface area contributed by atoms with E-state index in [1.807, 2.05) is 30.5 Å². The molecule has 8 nitrogen and oxygen atoms in total. The molecule has 4 rings (SSSR count). The second-order valence-corrected chi connectivity index (χ2v) is 7.18. The van der Waals surface area contributed by atoms with E-state index in [-0.39, 0.29) is 18.4 Å². The van der Waals surface area contributed by atoms with E-state index in [0.717, 1.165) is 11.3 Å². The maximum Gasteiger partial charge on any atom is 0.248 e. The van der Waals surface area contributed by atoms with Crippen LogP contribution < -0.4 is 5.32 Å². The monoisotopic (exact) mass is 389 g/mol. The van der Waals surface area contributed by atoms with Gasteiger partial charge in [0.15, 0.2) is 0 Å². The van der Waals surface area contributed by atoms with Gasteiger partial charge in [-0.1, -0.05) is 23.7 Å². The highest BCUT2D eigenvalue weighted by Crippen LogP contribution is 2.21. The zero-order valence-corrected chi connectivity index (χ0v) is 15.3. The molecule has 2 aliphatic rings. The fourth-order valence-electron chi connectivity index (χ4n) is 3.59. The van der Waals surface area contributed by atoms with Crippen molar-refractivity contribution in [3.8, 4) is 5.69 Å². The van der Waals surface area contributed by atoms with Gasteiger partial charge in [-0.15, -0.1) is 0 Å². The molecule has 3 heterocycles. The first-order valence-corrected chi connectivity index (χ1v) is 9.17. The number of amides is 2. The Morgan fingerprint density at radius 3 is 2.85 bits per heavy atom. The van der Waals surface area contributed by atoms with Crippen LogP contribution in [0.4, 0.5) is 0 Å². The Labute approximate surface area is 161 Å². The number of aromatic nitrogens is 2. The lowest BCUT2D eigenvalue weighted by Gasteiger charge is -2.44. The first-order chi connectivity index (χ1) is 13.1. The summed E-state index contributed by atoms with van der Waals surface area (Å²) >= 11 is 6.22. The van der Waals surface area contributed by atoms with E-state index in [1.54, 1.807) is 15.8 Å². The Kier molecular flexibility index (Phi) is 4.86. The minimum absolute atomic E-state index is 0.215. The molecule has 1 aromatic heterocycles. The maximum absolute atomic E-state index is 12.3. The third-order valence-electron chi connectivity index (χ3n) is 4.99. The Hall–Kier alpha value is -2.42. The van der Waals surface area contributed by atoms with Crippen molar-refractivity contribution < 1.29 is 14.7 Å². The van der Waals surface area contributed by atoms with Crippen LogP contribution in [0.5, 0.6) is 0 Å². The van der Waals surface area contributed by atoms with Crippen molar-refractivity contribution in [2.75, 3.05) is 26.2 Å². The van der Waals surface area contributed by atoms with Gasteiger partial charge >= 0.3 is 0 Å². The Morgan fingerprint density at radius 2 is 2.07 bits per heavy atom. The summed E-state index contributed by atoms with van der Waals surface area (Å²) in [6.45, 7) is 1.82. The van der Waals surface area contributed by atoms with Gasteiger partial charge in [-0.05, 0) is 12.1 Å². The van der Waals surface area contributed by atoms with E-state index in [1.165, 1.54) is 0 Å². The number of halogens is 1. The first kappa shape index (κ1) is 18.0. The smallest absolute Gasteiger partial charge is 0.248 e. The largest absolute Gasteiger partial charge is 0.394 e. The molecule has 2 saturated heterocycles. The molecular formula is C18H20ClN5O3. The summed E-state index contributed by atoms with van der Waals surface area (Å²) in [5, 5.41) is 16.8. The Balaban J connectivity index is 1.44. The van der Waals surface area contributed by atoms with Gasteiger partial charge in [0.2, 0.25) is 11.8 Å². The Bertz CT molecular complexity index is 870. The molecule has 2 N–H and O–H groups in total. The molecule has 0 spiro atoms. The highest BCUT2D eigenvalue weighted by molar-refractivity contribution is 6.32. The molecule has 0 radical (unpaired) electrons. The summed E-state index contributed by atoms with van der Waals surface area (Å²) in [7, 11) is 0. The van der Waals surface area contributed by atoms with Crippen LogP contribution in [0.25, 0.3) is 5.69 Å². The summed E-state index contributed by atoms with van der Waals surface area (Å²) < 4.78 is 1.73. The third kappa shape index (κ3) is 3.43. The van der Waals surface area contributed by atoms with Crippen molar-refractivity contribution in [1.82, 2.24) is 24.9 Å². The van der Waals surface area contributed by atoms with Gasteiger partial charge in [0, 0.05) is 37.9 Å². The second kappa shape index (κ2) is 7.30. The number of hydrogen-bond donors (Lipinski definition) is 2. The van der Waals surface area contributed by atoms with Crippen molar-refractivity contribution in [2.45, 2.75) is 18.6 Å². The summed E-state index contributed by atoms with van der Waals surface area (Å²) in [5.74, 6) is -0.432. The zero-order chi connectivity index (χ0) is 19.0. The van der Waals surface area contributed by atoms with Crippen LogP contribution >= 0.6 is 11.6 Å². The molecule has 142 valence electrons. The average molecular weight is 390 g/mol. The minimum atomic E-state index is -0.825. The number of aliphatic hydroxyl groups is 1. The van der Waals surface area contributed by atoms with E-state index in [4.69, 9.17) is 11.6 Å². The topological polar surface area (TPSA) is 90.7 Å². The molecule has 2 aliphatic heterocycles. The van der Waals surface area contributed by atoms with E-state index in [0.29, 0.717) is 31.2 Å². The highest BCUT2D eigenvalue weighted by Gasteiger charge is 2.43. The van der Waals surface area contributed by atoms with E-state index >= 15 is 0 Å². The molecule has 2 atom stereocenters. The lowest BCUT2D eigenvalue weighted by atomic mass is 10.0. The lowest BCUT2D eigenvalue weighted by molar-refractivity contribution is -0.154. The molecule has 0 unspecified atom stereocenters. The number of nitrogens with one attached hydrogen (secondary N) is 1. The number of piperazine rings is 2. The lowest BCUT2D eigenvalue weighted by Crippen LogP contribution is -2.69. The normalized spacial score (nSPS) is 23.3. The molecule has 0 bridgehead atoms. The number of carbonyl (C=O) groups is 2. The van der Waals surface area contributed by atoms with Gasteiger partial charge in [0.05, 0.1) is 23.5 Å². The van der Waals surface area contributed by atoms with Crippen molar-refractivity contribution in [3.05, 3.63) is 47.2 Å². The third-order valence-corrected chi connectivity index (χ3v) is 5.31. The quantitative estimate of drug-likeness (QED) is 0.770. The van der Waals surface area contributed by atoms with Crippen molar-refractivity contribution in [3.63, 3.8) is 0 Å². The van der Waals surface area contributed by atoms with Crippen LogP contribution in [-0.4, -0.2) is 74.8 Å². The zero-order valence-electron chi connectivity index (χ0n) is 14.6. The number of aliphatic hydroxyl groups excluding tert-OH is 1. The summed E-state index contributed by atoms with van der Waals surface area (Å²) in [6, 6.07) is 6.14. The molecule has 0 aliphatic carbocycles. The van der Waals surface area contributed by atoms with E-state index < -0.39 is 12.1 Å². The number of hydrogen-bond acceptors (Lipinski definition) is 5. The van der Waals surface area contributed by atoms with Gasteiger partial charge in [-0.3, -0.25) is 14.5 Å². The molecule has 27 heavy (non-hydrogen) atoms. The molecule has 2 amide bonds. The molecule has 2 aromatic rings. The van der Waals surface area contributed by atoms with Crippen molar-refractivity contribution in [2.24, 2.45) is 0 Å². The predicted octanol–water partition coefficient (Wildman–Crippen LogP) is 0.0292.